The van der Waals surface area contributed by atoms with Gasteiger partial charge < -0.3 is 9.64 Å². The smallest absolute Gasteiger partial charge is 0.307 e. The summed E-state index contributed by atoms with van der Waals surface area (Å²) in [5.41, 5.74) is 0. The molecule has 114 valence electrons. The third-order valence-electron chi connectivity index (χ3n) is 3.04. The number of thiophene rings is 1. The number of rotatable bonds is 6. The summed E-state index contributed by atoms with van der Waals surface area (Å²) in [7, 11) is 0. The van der Waals surface area contributed by atoms with Gasteiger partial charge in [-0.2, -0.15) is 4.98 Å². The SMILES string of the molecule is CCOC(=O)CCN(CC)c1nc(Cl)nc2sc(C)cc12. The molecule has 0 unspecified atom stereocenters. The van der Waals surface area contributed by atoms with E-state index < -0.39 is 0 Å². The first-order chi connectivity index (χ1) is 10.0. The molecular formula is C14H18ClN3O2S. The zero-order chi connectivity index (χ0) is 15.4. The lowest BCUT2D eigenvalue weighted by Crippen LogP contribution is -2.27. The third-order valence-corrected chi connectivity index (χ3v) is 4.15. The highest BCUT2D eigenvalue weighted by Gasteiger charge is 2.16. The molecule has 7 heteroatoms. The van der Waals surface area contributed by atoms with E-state index in [1.165, 1.54) is 0 Å². The molecule has 0 atom stereocenters. The van der Waals surface area contributed by atoms with E-state index in [-0.39, 0.29) is 11.3 Å². The number of hydrogen-bond donors (Lipinski definition) is 0. The molecule has 0 aliphatic carbocycles. The van der Waals surface area contributed by atoms with E-state index in [1.54, 1.807) is 18.3 Å². The minimum atomic E-state index is -0.200. The Morgan fingerprint density at radius 1 is 1.43 bits per heavy atom. The molecule has 0 spiro atoms. The maximum absolute atomic E-state index is 11.5. The van der Waals surface area contributed by atoms with Crippen molar-refractivity contribution < 1.29 is 9.53 Å². The second kappa shape index (κ2) is 7.04. The molecule has 0 fully saturated rings. The summed E-state index contributed by atoms with van der Waals surface area (Å²) in [4.78, 5) is 24.2. The number of halogens is 1. The van der Waals surface area contributed by atoms with Crippen molar-refractivity contribution in [1.29, 1.82) is 0 Å². The quantitative estimate of drug-likeness (QED) is 0.601. The van der Waals surface area contributed by atoms with E-state index in [0.717, 1.165) is 27.5 Å². The standard InChI is InChI=1S/C14H18ClN3O2S/c1-4-18(7-6-11(19)20-5-2)12-10-8-9(3)21-13(10)17-14(15)16-12/h8H,4-7H2,1-3H3. The Balaban J connectivity index is 2.27. The lowest BCUT2D eigenvalue weighted by Gasteiger charge is -2.22. The molecule has 0 bridgehead atoms. The highest BCUT2D eigenvalue weighted by Crippen LogP contribution is 2.31. The molecule has 2 rings (SSSR count). The fourth-order valence-corrected chi connectivity index (χ4v) is 3.20. The van der Waals surface area contributed by atoms with Gasteiger partial charge in [-0.3, -0.25) is 4.79 Å². The average molecular weight is 328 g/mol. The zero-order valence-corrected chi connectivity index (χ0v) is 13.9. The van der Waals surface area contributed by atoms with E-state index >= 15 is 0 Å². The lowest BCUT2D eigenvalue weighted by molar-refractivity contribution is -0.142. The number of fused-ring (bicyclic) bond motifs is 1. The molecule has 0 saturated carbocycles. The number of carbonyl (C=O) groups excluding carboxylic acids is 1. The summed E-state index contributed by atoms with van der Waals surface area (Å²) in [5.74, 6) is 0.579. The number of ether oxygens (including phenoxy) is 1. The summed E-state index contributed by atoms with van der Waals surface area (Å²) in [6.45, 7) is 7.53. The van der Waals surface area contributed by atoms with Crippen LogP contribution in [0, 0.1) is 6.92 Å². The number of aryl methyl sites for hydroxylation is 1. The van der Waals surface area contributed by atoms with E-state index in [2.05, 4.69) is 16.0 Å². The van der Waals surface area contributed by atoms with Crippen LogP contribution in [0.5, 0.6) is 0 Å². The predicted octanol–water partition coefficient (Wildman–Crippen LogP) is 3.43. The molecule has 0 N–H and O–H groups in total. The fourth-order valence-electron chi connectivity index (χ4n) is 2.12. The van der Waals surface area contributed by atoms with Gasteiger partial charge in [-0.05, 0) is 38.4 Å². The minimum Gasteiger partial charge on any atom is -0.466 e. The van der Waals surface area contributed by atoms with Gasteiger partial charge in [0.25, 0.3) is 0 Å². The summed E-state index contributed by atoms with van der Waals surface area (Å²) >= 11 is 7.60. The largest absolute Gasteiger partial charge is 0.466 e. The highest BCUT2D eigenvalue weighted by molar-refractivity contribution is 7.18. The Kier molecular flexibility index (Phi) is 5.36. The number of hydrogen-bond acceptors (Lipinski definition) is 6. The number of carbonyl (C=O) groups is 1. The molecule has 2 heterocycles. The molecule has 0 radical (unpaired) electrons. The lowest BCUT2D eigenvalue weighted by atomic mass is 10.3. The Morgan fingerprint density at radius 2 is 2.19 bits per heavy atom. The van der Waals surface area contributed by atoms with Crippen LogP contribution in [0.2, 0.25) is 5.28 Å². The van der Waals surface area contributed by atoms with Crippen LogP contribution in [-0.4, -0.2) is 35.6 Å². The van der Waals surface area contributed by atoms with Crippen LogP contribution in [0.3, 0.4) is 0 Å². The number of aromatic nitrogens is 2. The first-order valence-electron chi connectivity index (χ1n) is 6.89. The molecule has 5 nitrogen and oxygen atoms in total. The Labute approximate surface area is 132 Å². The predicted molar refractivity (Wildman–Crippen MR) is 86.3 cm³/mol. The second-order valence-electron chi connectivity index (χ2n) is 4.53. The molecule has 0 aliphatic heterocycles. The molecular weight excluding hydrogens is 310 g/mol. The first kappa shape index (κ1) is 16.0. The van der Waals surface area contributed by atoms with Gasteiger partial charge in [0, 0.05) is 18.0 Å². The Hall–Kier alpha value is -1.40. The number of esters is 1. The van der Waals surface area contributed by atoms with Crippen LogP contribution < -0.4 is 4.90 Å². The average Bonchev–Trinajstić information content (AvgIpc) is 2.79. The summed E-state index contributed by atoms with van der Waals surface area (Å²) < 4.78 is 4.97. The third kappa shape index (κ3) is 3.83. The van der Waals surface area contributed by atoms with Crippen molar-refractivity contribution in [1.82, 2.24) is 9.97 Å². The van der Waals surface area contributed by atoms with Gasteiger partial charge in [0.05, 0.1) is 18.4 Å². The van der Waals surface area contributed by atoms with Crippen molar-refractivity contribution in [3.63, 3.8) is 0 Å². The van der Waals surface area contributed by atoms with E-state index in [9.17, 15) is 4.79 Å². The van der Waals surface area contributed by atoms with Gasteiger partial charge in [-0.25, -0.2) is 4.98 Å². The summed E-state index contributed by atoms with van der Waals surface area (Å²) in [6.07, 6.45) is 0.327. The van der Waals surface area contributed by atoms with Crippen molar-refractivity contribution in [2.24, 2.45) is 0 Å². The second-order valence-corrected chi connectivity index (χ2v) is 6.10. The monoisotopic (exact) mass is 327 g/mol. The molecule has 2 aromatic rings. The van der Waals surface area contributed by atoms with Crippen molar-refractivity contribution in [3.05, 3.63) is 16.2 Å². The summed E-state index contributed by atoms with van der Waals surface area (Å²) in [6, 6.07) is 2.05. The van der Waals surface area contributed by atoms with Gasteiger partial charge in [0.1, 0.15) is 10.6 Å². The fraction of sp³-hybridized carbons (Fsp3) is 0.500. The number of anilines is 1. The molecule has 2 aromatic heterocycles. The van der Waals surface area contributed by atoms with Gasteiger partial charge in [0.15, 0.2) is 0 Å². The van der Waals surface area contributed by atoms with Gasteiger partial charge >= 0.3 is 5.97 Å². The summed E-state index contributed by atoms with van der Waals surface area (Å²) in [5, 5.41) is 1.21. The van der Waals surface area contributed by atoms with E-state index in [0.29, 0.717) is 19.6 Å². The van der Waals surface area contributed by atoms with Crippen molar-refractivity contribution in [2.75, 3.05) is 24.6 Å². The van der Waals surface area contributed by atoms with E-state index in [4.69, 9.17) is 16.3 Å². The molecule has 21 heavy (non-hydrogen) atoms. The minimum absolute atomic E-state index is 0.200. The highest BCUT2D eigenvalue weighted by atomic mass is 35.5. The zero-order valence-electron chi connectivity index (χ0n) is 12.4. The van der Waals surface area contributed by atoms with Gasteiger partial charge in [0.2, 0.25) is 5.28 Å². The normalized spacial score (nSPS) is 10.9. The van der Waals surface area contributed by atoms with Crippen molar-refractivity contribution >= 4 is 44.9 Å². The van der Waals surface area contributed by atoms with Crippen LogP contribution in [-0.2, 0) is 9.53 Å². The molecule has 0 amide bonds. The van der Waals surface area contributed by atoms with Gasteiger partial charge in [-0.1, -0.05) is 0 Å². The van der Waals surface area contributed by atoms with E-state index in [1.807, 2.05) is 18.7 Å². The van der Waals surface area contributed by atoms with Gasteiger partial charge in [-0.15, -0.1) is 11.3 Å². The maximum Gasteiger partial charge on any atom is 0.307 e. The number of nitrogens with zero attached hydrogens (tertiary/aromatic N) is 3. The van der Waals surface area contributed by atoms with Crippen LogP contribution in [0.1, 0.15) is 25.1 Å². The molecule has 0 aromatic carbocycles. The van der Waals surface area contributed by atoms with Crippen LogP contribution in [0.4, 0.5) is 5.82 Å². The topological polar surface area (TPSA) is 55.3 Å². The molecule has 0 saturated heterocycles. The molecule has 0 aliphatic rings. The van der Waals surface area contributed by atoms with Crippen LogP contribution in [0.15, 0.2) is 6.07 Å². The van der Waals surface area contributed by atoms with Crippen LogP contribution >= 0.6 is 22.9 Å². The van der Waals surface area contributed by atoms with Crippen LogP contribution in [0.25, 0.3) is 10.2 Å². The maximum atomic E-state index is 11.5. The first-order valence-corrected chi connectivity index (χ1v) is 8.08. The van der Waals surface area contributed by atoms with Crippen molar-refractivity contribution in [3.8, 4) is 0 Å². The Morgan fingerprint density at radius 3 is 2.86 bits per heavy atom. The Bertz CT molecular complexity index is 644. The van der Waals surface area contributed by atoms with Crippen molar-refractivity contribution in [2.45, 2.75) is 27.2 Å².